The van der Waals surface area contributed by atoms with Gasteiger partial charge in [-0.1, -0.05) is 13.3 Å². The lowest BCUT2D eigenvalue weighted by atomic mass is 10.2. The van der Waals surface area contributed by atoms with Gasteiger partial charge in [0, 0.05) is 5.57 Å². The van der Waals surface area contributed by atoms with Crippen LogP contribution in [0.2, 0.25) is 0 Å². The summed E-state index contributed by atoms with van der Waals surface area (Å²) < 4.78 is 10.8. The molecule has 6 heteroatoms. The summed E-state index contributed by atoms with van der Waals surface area (Å²) in [5.74, 6) is -1.29. The number of hydrogen-bond donors (Lipinski definition) is 3. The highest BCUT2D eigenvalue weighted by atomic mass is 31.2. The van der Waals surface area contributed by atoms with Crippen LogP contribution < -0.4 is 0 Å². The van der Waals surface area contributed by atoms with Crippen LogP contribution in [0.1, 0.15) is 26.7 Å². The van der Waals surface area contributed by atoms with Crippen LogP contribution in [0, 0.1) is 0 Å². The maximum Gasteiger partial charge on any atom is 0.352 e. The monoisotopic (exact) mass is 208 g/mol. The first-order chi connectivity index (χ1) is 5.80. The summed E-state index contributed by atoms with van der Waals surface area (Å²) in [5.41, 5.74) is -0.254. The van der Waals surface area contributed by atoms with Crippen molar-refractivity contribution in [2.24, 2.45) is 0 Å². The average Bonchev–Trinajstić information content (AvgIpc) is 1.96. The van der Waals surface area contributed by atoms with E-state index < -0.39 is 13.6 Å². The van der Waals surface area contributed by atoms with Crippen molar-refractivity contribution in [3.8, 4) is 0 Å². The van der Waals surface area contributed by atoms with Gasteiger partial charge in [-0.25, -0.2) is 4.79 Å². The van der Waals surface area contributed by atoms with Crippen LogP contribution in [0.3, 0.4) is 0 Å². The zero-order chi connectivity index (χ0) is 10.6. The lowest BCUT2D eigenvalue weighted by molar-refractivity contribution is -0.132. The zero-order valence-corrected chi connectivity index (χ0v) is 8.41. The molecule has 0 saturated carbocycles. The lowest BCUT2D eigenvalue weighted by Gasteiger charge is -2.09. The summed E-state index contributed by atoms with van der Waals surface area (Å²) >= 11 is 0. The first-order valence-electron chi connectivity index (χ1n) is 3.79. The number of hydrogen-bond acceptors (Lipinski definition) is 2. The smallest absolute Gasteiger partial charge is 0.352 e. The number of carboxylic acid groups (broad SMARTS) is 1. The molecule has 0 aliphatic carbocycles. The van der Waals surface area contributed by atoms with Crippen molar-refractivity contribution in [3.05, 3.63) is 10.9 Å². The first kappa shape index (κ1) is 12.4. The third-order valence-corrected chi connectivity index (χ3v) is 2.85. The number of allylic oxidation sites excluding steroid dienone is 1. The van der Waals surface area contributed by atoms with Gasteiger partial charge in [0.05, 0.1) is 5.31 Å². The van der Waals surface area contributed by atoms with Crippen LogP contribution in [0.15, 0.2) is 10.9 Å². The van der Waals surface area contributed by atoms with Gasteiger partial charge in [0.1, 0.15) is 0 Å². The fourth-order valence-electron chi connectivity index (χ4n) is 0.912. The van der Waals surface area contributed by atoms with E-state index in [1.54, 1.807) is 6.92 Å². The van der Waals surface area contributed by atoms with E-state index in [0.717, 1.165) is 0 Å². The van der Waals surface area contributed by atoms with E-state index in [2.05, 4.69) is 0 Å². The Morgan fingerprint density at radius 1 is 1.38 bits per heavy atom. The highest BCUT2D eigenvalue weighted by molar-refractivity contribution is 7.56. The molecule has 0 bridgehead atoms. The molecule has 0 amide bonds. The van der Waals surface area contributed by atoms with Crippen LogP contribution in [-0.4, -0.2) is 20.9 Å². The van der Waals surface area contributed by atoms with E-state index in [9.17, 15) is 9.36 Å². The van der Waals surface area contributed by atoms with Gasteiger partial charge in [-0.3, -0.25) is 4.57 Å². The quantitative estimate of drug-likeness (QED) is 0.478. The molecular formula is C7H13O5P. The van der Waals surface area contributed by atoms with Gasteiger partial charge in [0.2, 0.25) is 0 Å². The molecule has 0 radical (unpaired) electrons. The summed E-state index contributed by atoms with van der Waals surface area (Å²) in [6, 6.07) is 0. The number of carbonyl (C=O) groups is 1. The molecule has 0 saturated heterocycles. The van der Waals surface area contributed by atoms with Gasteiger partial charge in [-0.2, -0.15) is 0 Å². The Bertz CT molecular complexity index is 275. The normalized spacial score (nSPS) is 13.8. The van der Waals surface area contributed by atoms with Crippen LogP contribution >= 0.6 is 7.60 Å². The molecule has 0 rings (SSSR count). The Balaban J connectivity index is 5.13. The average molecular weight is 208 g/mol. The molecule has 76 valence electrons. The van der Waals surface area contributed by atoms with Crippen LogP contribution in [0.25, 0.3) is 0 Å². The third-order valence-electron chi connectivity index (χ3n) is 1.59. The second kappa shape index (κ2) is 4.56. The molecule has 0 aromatic rings. The number of carboxylic acids is 1. The van der Waals surface area contributed by atoms with E-state index in [1.807, 2.05) is 0 Å². The van der Waals surface area contributed by atoms with Crippen LogP contribution in [-0.2, 0) is 9.36 Å². The molecule has 0 unspecified atom stereocenters. The SMILES string of the molecule is CCC/C(=C(/C)C(=O)O)P(=O)(O)O. The highest BCUT2D eigenvalue weighted by Crippen LogP contribution is 2.48. The molecule has 0 spiro atoms. The van der Waals surface area contributed by atoms with E-state index in [4.69, 9.17) is 14.9 Å². The Labute approximate surface area is 76.2 Å². The van der Waals surface area contributed by atoms with Crippen molar-refractivity contribution in [1.29, 1.82) is 0 Å². The van der Waals surface area contributed by atoms with Crippen molar-refractivity contribution in [2.45, 2.75) is 26.7 Å². The molecule has 3 N–H and O–H groups in total. The standard InChI is InChI=1S/C7H13O5P/c1-3-4-6(13(10,11)12)5(2)7(8)9/h3-4H2,1-2H3,(H,8,9)(H2,10,11,12)/b6-5+. The highest BCUT2D eigenvalue weighted by Gasteiger charge is 2.24. The van der Waals surface area contributed by atoms with Crippen molar-refractivity contribution in [3.63, 3.8) is 0 Å². The van der Waals surface area contributed by atoms with Crippen LogP contribution in [0.4, 0.5) is 0 Å². The largest absolute Gasteiger partial charge is 0.478 e. The Morgan fingerprint density at radius 2 is 1.85 bits per heavy atom. The predicted octanol–water partition coefficient (Wildman–Crippen LogP) is 1.32. The number of aliphatic carboxylic acids is 1. The van der Waals surface area contributed by atoms with Gasteiger partial charge in [0.15, 0.2) is 0 Å². The van der Waals surface area contributed by atoms with E-state index >= 15 is 0 Å². The lowest BCUT2D eigenvalue weighted by Crippen LogP contribution is -2.02. The second-order valence-corrected chi connectivity index (χ2v) is 4.30. The predicted molar refractivity (Wildman–Crippen MR) is 47.3 cm³/mol. The van der Waals surface area contributed by atoms with Crippen molar-refractivity contribution in [1.82, 2.24) is 0 Å². The molecule has 0 fully saturated rings. The fraction of sp³-hybridized carbons (Fsp3) is 0.571. The minimum Gasteiger partial charge on any atom is -0.478 e. The topological polar surface area (TPSA) is 94.8 Å². The molecule has 0 aliphatic rings. The molecule has 0 aliphatic heterocycles. The molecule has 5 nitrogen and oxygen atoms in total. The Hall–Kier alpha value is -0.640. The van der Waals surface area contributed by atoms with E-state index in [1.165, 1.54) is 6.92 Å². The molecular weight excluding hydrogens is 195 g/mol. The summed E-state index contributed by atoms with van der Waals surface area (Å²) in [6.07, 6.45) is 0.619. The summed E-state index contributed by atoms with van der Waals surface area (Å²) in [6.45, 7) is 2.93. The van der Waals surface area contributed by atoms with Crippen molar-refractivity contribution >= 4 is 13.6 Å². The van der Waals surface area contributed by atoms with Gasteiger partial charge in [0.25, 0.3) is 0 Å². The molecule has 0 aromatic carbocycles. The van der Waals surface area contributed by atoms with Crippen LogP contribution in [0.5, 0.6) is 0 Å². The molecule has 13 heavy (non-hydrogen) atoms. The van der Waals surface area contributed by atoms with Gasteiger partial charge >= 0.3 is 13.6 Å². The minimum atomic E-state index is -4.40. The van der Waals surface area contributed by atoms with Crippen molar-refractivity contribution in [2.75, 3.05) is 0 Å². The summed E-state index contributed by atoms with van der Waals surface area (Å²) in [4.78, 5) is 28.1. The molecule has 0 heterocycles. The minimum absolute atomic E-state index is 0.114. The molecule has 0 atom stereocenters. The fourth-order valence-corrected chi connectivity index (χ4v) is 1.96. The number of rotatable bonds is 4. The summed E-state index contributed by atoms with van der Waals surface area (Å²) in [5, 5.41) is 8.27. The summed E-state index contributed by atoms with van der Waals surface area (Å²) in [7, 11) is -4.40. The van der Waals surface area contributed by atoms with Gasteiger partial charge in [-0.15, -0.1) is 0 Å². The maximum absolute atomic E-state index is 10.8. The van der Waals surface area contributed by atoms with E-state index in [-0.39, 0.29) is 17.3 Å². The maximum atomic E-state index is 10.8. The Kier molecular flexibility index (Phi) is 4.33. The Morgan fingerprint density at radius 3 is 2.08 bits per heavy atom. The van der Waals surface area contributed by atoms with E-state index in [0.29, 0.717) is 6.42 Å². The molecule has 0 aromatic heterocycles. The first-order valence-corrected chi connectivity index (χ1v) is 5.41. The van der Waals surface area contributed by atoms with Gasteiger partial charge in [-0.05, 0) is 13.3 Å². The van der Waals surface area contributed by atoms with Crippen molar-refractivity contribution < 1.29 is 24.3 Å². The third kappa shape index (κ3) is 3.72. The van der Waals surface area contributed by atoms with Gasteiger partial charge < -0.3 is 14.9 Å². The zero-order valence-electron chi connectivity index (χ0n) is 7.52. The second-order valence-electron chi connectivity index (χ2n) is 2.67.